The zero-order valence-corrected chi connectivity index (χ0v) is 9.52. The second-order valence-corrected chi connectivity index (χ2v) is 4.45. The molecule has 3 nitrogen and oxygen atoms in total. The van der Waals surface area contributed by atoms with Crippen molar-refractivity contribution in [3.05, 3.63) is 23.8 Å². The van der Waals surface area contributed by atoms with Crippen molar-refractivity contribution in [3.63, 3.8) is 0 Å². The number of hydrogen-bond donors (Lipinski definition) is 2. The van der Waals surface area contributed by atoms with Crippen molar-refractivity contribution in [2.24, 2.45) is 0 Å². The van der Waals surface area contributed by atoms with E-state index in [4.69, 9.17) is 4.74 Å². The smallest absolute Gasteiger partial charge is 0.119 e. The van der Waals surface area contributed by atoms with E-state index >= 15 is 0 Å². The van der Waals surface area contributed by atoms with Crippen LogP contribution in [-0.4, -0.2) is 23.4 Å². The van der Waals surface area contributed by atoms with Gasteiger partial charge in [0.2, 0.25) is 0 Å². The Labute approximate surface area is 95.7 Å². The number of benzene rings is 1. The first-order chi connectivity index (χ1) is 7.70. The number of phenols is 2. The largest absolute Gasteiger partial charge is 0.508 e. The van der Waals surface area contributed by atoms with Crippen molar-refractivity contribution in [2.75, 3.05) is 7.11 Å². The first-order valence-corrected chi connectivity index (χ1v) is 5.75. The van der Waals surface area contributed by atoms with Crippen LogP contribution in [0.15, 0.2) is 18.2 Å². The third-order valence-corrected chi connectivity index (χ3v) is 3.46. The predicted molar refractivity (Wildman–Crippen MR) is 61.8 cm³/mol. The van der Waals surface area contributed by atoms with Gasteiger partial charge in [-0.25, -0.2) is 0 Å². The van der Waals surface area contributed by atoms with Crippen molar-refractivity contribution in [1.82, 2.24) is 0 Å². The van der Waals surface area contributed by atoms with Crippen LogP contribution < -0.4 is 0 Å². The van der Waals surface area contributed by atoms with E-state index in [1.165, 1.54) is 6.07 Å². The highest BCUT2D eigenvalue weighted by Gasteiger charge is 2.24. The van der Waals surface area contributed by atoms with Gasteiger partial charge in [0.15, 0.2) is 0 Å². The van der Waals surface area contributed by atoms with Crippen LogP contribution in [0.5, 0.6) is 11.5 Å². The Morgan fingerprint density at radius 3 is 2.44 bits per heavy atom. The molecule has 0 bridgehead atoms. The molecule has 0 atom stereocenters. The van der Waals surface area contributed by atoms with Crippen molar-refractivity contribution in [1.29, 1.82) is 0 Å². The number of aromatic hydroxyl groups is 2. The predicted octanol–water partition coefficient (Wildman–Crippen LogP) is 2.77. The van der Waals surface area contributed by atoms with E-state index in [0.29, 0.717) is 17.8 Å². The van der Waals surface area contributed by atoms with Crippen molar-refractivity contribution in [2.45, 2.75) is 37.7 Å². The molecule has 0 amide bonds. The summed E-state index contributed by atoms with van der Waals surface area (Å²) in [5, 5.41) is 19.2. The summed E-state index contributed by atoms with van der Waals surface area (Å²) in [6.45, 7) is 0. The summed E-state index contributed by atoms with van der Waals surface area (Å²) in [5.41, 5.74) is 0.870. The highest BCUT2D eigenvalue weighted by Crippen LogP contribution is 2.39. The molecule has 3 heteroatoms. The van der Waals surface area contributed by atoms with E-state index in [0.717, 1.165) is 31.2 Å². The summed E-state index contributed by atoms with van der Waals surface area (Å²) in [6.07, 6.45) is 4.42. The van der Waals surface area contributed by atoms with Gasteiger partial charge in [0, 0.05) is 12.7 Å². The molecule has 0 saturated heterocycles. The Balaban J connectivity index is 2.10. The van der Waals surface area contributed by atoms with Gasteiger partial charge in [-0.2, -0.15) is 0 Å². The summed E-state index contributed by atoms with van der Waals surface area (Å²) in [7, 11) is 1.75. The summed E-state index contributed by atoms with van der Waals surface area (Å²) in [5.74, 6) is 0.860. The fraction of sp³-hybridized carbons (Fsp3) is 0.538. The molecule has 1 aliphatic rings. The van der Waals surface area contributed by atoms with Crippen LogP contribution >= 0.6 is 0 Å². The molecule has 0 aliphatic heterocycles. The topological polar surface area (TPSA) is 49.7 Å². The molecule has 0 radical (unpaired) electrons. The molecule has 0 spiro atoms. The maximum absolute atomic E-state index is 9.77. The van der Waals surface area contributed by atoms with E-state index in [2.05, 4.69) is 0 Å². The minimum Gasteiger partial charge on any atom is -0.508 e. The Morgan fingerprint density at radius 2 is 1.81 bits per heavy atom. The molecule has 1 aromatic carbocycles. The van der Waals surface area contributed by atoms with Gasteiger partial charge in [0.25, 0.3) is 0 Å². The third-order valence-electron chi connectivity index (χ3n) is 3.46. The fourth-order valence-electron chi connectivity index (χ4n) is 2.48. The van der Waals surface area contributed by atoms with Crippen LogP contribution in [0.3, 0.4) is 0 Å². The number of methoxy groups -OCH3 is 1. The van der Waals surface area contributed by atoms with Crippen LogP contribution in [0.25, 0.3) is 0 Å². The third kappa shape index (κ3) is 2.30. The van der Waals surface area contributed by atoms with E-state index < -0.39 is 0 Å². The number of phenolic OH excluding ortho intramolecular Hbond substituents is 2. The normalized spacial score (nSPS) is 25.6. The molecule has 88 valence electrons. The van der Waals surface area contributed by atoms with Gasteiger partial charge in [-0.15, -0.1) is 0 Å². The molecule has 1 saturated carbocycles. The summed E-state index contributed by atoms with van der Waals surface area (Å²) in [4.78, 5) is 0. The molecular weight excluding hydrogens is 204 g/mol. The summed E-state index contributed by atoms with van der Waals surface area (Å²) < 4.78 is 5.32. The van der Waals surface area contributed by atoms with Crippen molar-refractivity contribution >= 4 is 0 Å². The molecule has 2 rings (SSSR count). The van der Waals surface area contributed by atoms with Gasteiger partial charge in [0.1, 0.15) is 11.5 Å². The molecule has 0 aromatic heterocycles. The average Bonchev–Trinajstić information content (AvgIpc) is 2.32. The van der Waals surface area contributed by atoms with Crippen molar-refractivity contribution < 1.29 is 14.9 Å². The first kappa shape index (κ1) is 11.3. The molecule has 0 heterocycles. The molecule has 0 unspecified atom stereocenters. The maximum atomic E-state index is 9.77. The zero-order chi connectivity index (χ0) is 11.5. The monoisotopic (exact) mass is 222 g/mol. The van der Waals surface area contributed by atoms with E-state index in [-0.39, 0.29) is 5.75 Å². The van der Waals surface area contributed by atoms with E-state index in [1.807, 2.05) is 0 Å². The second kappa shape index (κ2) is 4.74. The molecule has 2 N–H and O–H groups in total. The Hall–Kier alpha value is -1.22. The van der Waals surface area contributed by atoms with Gasteiger partial charge in [-0.1, -0.05) is 0 Å². The van der Waals surface area contributed by atoms with Gasteiger partial charge < -0.3 is 14.9 Å². The minimum atomic E-state index is 0.224. The van der Waals surface area contributed by atoms with Gasteiger partial charge >= 0.3 is 0 Å². The number of rotatable bonds is 2. The number of hydrogen-bond acceptors (Lipinski definition) is 3. The molecule has 1 fully saturated rings. The lowest BCUT2D eigenvalue weighted by Gasteiger charge is -2.28. The van der Waals surface area contributed by atoms with Crippen LogP contribution in [-0.2, 0) is 4.74 Å². The zero-order valence-electron chi connectivity index (χ0n) is 9.52. The maximum Gasteiger partial charge on any atom is 0.119 e. The minimum absolute atomic E-state index is 0.224. The SMILES string of the molecule is COC1CCC(c2cc(O)ccc2O)CC1. The number of ether oxygens (including phenoxy) is 1. The quantitative estimate of drug-likeness (QED) is 0.756. The highest BCUT2D eigenvalue weighted by molar-refractivity contribution is 5.41. The molecule has 16 heavy (non-hydrogen) atoms. The van der Waals surface area contributed by atoms with Gasteiger partial charge in [-0.3, -0.25) is 0 Å². The Bertz CT molecular complexity index is 354. The lowest BCUT2D eigenvalue weighted by molar-refractivity contribution is 0.0656. The van der Waals surface area contributed by atoms with E-state index in [1.54, 1.807) is 19.2 Å². The Kier molecular flexibility index (Phi) is 3.34. The summed E-state index contributed by atoms with van der Waals surface area (Å²) >= 11 is 0. The average molecular weight is 222 g/mol. The molecule has 1 aromatic rings. The summed E-state index contributed by atoms with van der Waals surface area (Å²) in [6, 6.07) is 4.75. The van der Waals surface area contributed by atoms with Crippen LogP contribution in [0.1, 0.15) is 37.2 Å². The fourth-order valence-corrected chi connectivity index (χ4v) is 2.48. The van der Waals surface area contributed by atoms with Crippen molar-refractivity contribution in [3.8, 4) is 11.5 Å². The lowest BCUT2D eigenvalue weighted by atomic mass is 9.82. The first-order valence-electron chi connectivity index (χ1n) is 5.75. The lowest BCUT2D eigenvalue weighted by Crippen LogP contribution is -2.19. The molecule has 1 aliphatic carbocycles. The van der Waals surface area contributed by atoms with Gasteiger partial charge in [0.05, 0.1) is 6.10 Å². The van der Waals surface area contributed by atoms with Crippen LogP contribution in [0, 0.1) is 0 Å². The van der Waals surface area contributed by atoms with Crippen LogP contribution in [0.4, 0.5) is 0 Å². The Morgan fingerprint density at radius 1 is 1.12 bits per heavy atom. The highest BCUT2D eigenvalue weighted by atomic mass is 16.5. The van der Waals surface area contributed by atoms with E-state index in [9.17, 15) is 10.2 Å². The molecular formula is C13H18O3. The standard InChI is InChI=1S/C13H18O3/c1-16-11-5-2-9(3-6-11)12-8-10(14)4-7-13(12)15/h4,7-9,11,14-15H,2-3,5-6H2,1H3. The van der Waals surface area contributed by atoms with Gasteiger partial charge in [-0.05, 0) is 49.8 Å². The van der Waals surface area contributed by atoms with Crippen LogP contribution in [0.2, 0.25) is 0 Å². The second-order valence-electron chi connectivity index (χ2n) is 4.45.